The molecule has 0 N–H and O–H groups in total. The van der Waals surface area contributed by atoms with E-state index in [9.17, 15) is 0 Å². The quantitative estimate of drug-likeness (QED) is 0.172. The minimum atomic E-state index is -0.446. The Hall–Kier alpha value is -1.61. The second kappa shape index (κ2) is 12.7. The zero-order valence-electron chi connectivity index (χ0n) is 15.1. The van der Waals surface area contributed by atoms with Crippen molar-refractivity contribution in [2.24, 2.45) is 0 Å². The van der Waals surface area contributed by atoms with Crippen molar-refractivity contribution in [1.29, 1.82) is 0 Å². The predicted octanol–water partition coefficient (Wildman–Crippen LogP) is 5.32. The van der Waals surface area contributed by atoms with E-state index in [1.807, 2.05) is 0 Å². The molecule has 0 aliphatic carbocycles. The van der Waals surface area contributed by atoms with Crippen LogP contribution in [0.2, 0.25) is 4.64 Å². The summed E-state index contributed by atoms with van der Waals surface area (Å²) in [5.74, 6) is 0. The number of unbranched alkanes of at least 4 members (excludes halogenated alkanes) is 1. The molecular weight excluding hydrogens is 516 g/mol. The van der Waals surface area contributed by atoms with E-state index in [1.54, 1.807) is 0 Å². The van der Waals surface area contributed by atoms with Gasteiger partial charge >= 0.3 is 54.7 Å². The van der Waals surface area contributed by atoms with Crippen molar-refractivity contribution in [3.05, 3.63) is 91.0 Å². The van der Waals surface area contributed by atoms with Gasteiger partial charge in [0.2, 0.25) is 0 Å². The average molecular weight is 541 g/mol. The van der Waals surface area contributed by atoms with E-state index in [4.69, 9.17) is 6.42 Å². The van der Waals surface area contributed by atoms with Gasteiger partial charge in [-0.1, -0.05) is 91.0 Å². The molecule has 0 fully saturated rings. The van der Waals surface area contributed by atoms with Gasteiger partial charge in [0.15, 0.2) is 0 Å². The molecule has 0 unspecified atom stereocenters. The Bertz CT molecular complexity index is 670. The van der Waals surface area contributed by atoms with Gasteiger partial charge in [0.25, 0.3) is 0 Å². The first-order chi connectivity index (χ1) is 12.9. The third-order valence-corrected chi connectivity index (χ3v) is 7.83. The van der Waals surface area contributed by atoms with E-state index in [0.717, 1.165) is 0 Å². The maximum Gasteiger partial charge on any atom is -0.0134 e. The summed E-state index contributed by atoms with van der Waals surface area (Å²) in [6, 6.07) is 32.3. The van der Waals surface area contributed by atoms with Gasteiger partial charge in [-0.2, -0.15) is 0 Å². The molecular formula is C24H25AuP. The first kappa shape index (κ1) is 20.7. The molecule has 2 heteroatoms. The first-order valence-corrected chi connectivity index (χ1v) is 12.7. The van der Waals surface area contributed by atoms with E-state index >= 15 is 0 Å². The number of rotatable bonds is 6. The molecule has 0 spiro atoms. The Balaban J connectivity index is 0.000000298. The molecule has 0 aliphatic heterocycles. The molecule has 3 aromatic carbocycles. The summed E-state index contributed by atoms with van der Waals surface area (Å²) >= 11 is 0.243. The normalized spacial score (nSPS) is 10.0. The monoisotopic (exact) mass is 541 g/mol. The van der Waals surface area contributed by atoms with E-state index in [1.165, 1.54) is 33.4 Å². The molecule has 3 rings (SSSR count). The maximum absolute atomic E-state index is 5.06. The van der Waals surface area contributed by atoms with Crippen LogP contribution < -0.4 is 15.9 Å². The van der Waals surface area contributed by atoms with Crippen LogP contribution in [0.5, 0.6) is 0 Å². The van der Waals surface area contributed by atoms with Crippen LogP contribution in [-0.4, -0.2) is 0 Å². The molecule has 0 saturated heterocycles. The minimum Gasteiger partial charge on any atom is -0.0622 e. The molecule has 0 bridgehead atoms. The van der Waals surface area contributed by atoms with Crippen LogP contribution >= 0.6 is 7.92 Å². The predicted molar refractivity (Wildman–Crippen MR) is 114 cm³/mol. The van der Waals surface area contributed by atoms with E-state index in [2.05, 4.69) is 102 Å². The molecule has 0 heterocycles. The Labute approximate surface area is 169 Å². The van der Waals surface area contributed by atoms with Crippen molar-refractivity contribution in [3.8, 4) is 10.6 Å². The molecule has 0 radical (unpaired) electrons. The fourth-order valence-corrected chi connectivity index (χ4v) is 6.15. The Morgan fingerprint density at radius 2 is 1.12 bits per heavy atom. The smallest absolute Gasteiger partial charge is 0.0134 e. The van der Waals surface area contributed by atoms with Crippen molar-refractivity contribution >= 4 is 23.8 Å². The summed E-state index contributed by atoms with van der Waals surface area (Å²) in [6.45, 7) is 2.19. The average Bonchev–Trinajstić information content (AvgIpc) is 2.72. The molecule has 0 aromatic heterocycles. The van der Waals surface area contributed by atoms with Crippen molar-refractivity contribution in [2.75, 3.05) is 0 Å². The van der Waals surface area contributed by atoms with E-state index in [0.29, 0.717) is 0 Å². The summed E-state index contributed by atoms with van der Waals surface area (Å²) in [5, 5.41) is 4.19. The molecule has 0 nitrogen and oxygen atoms in total. The Morgan fingerprint density at radius 3 is 1.42 bits per heavy atom. The van der Waals surface area contributed by atoms with Crippen LogP contribution in [0.15, 0.2) is 91.0 Å². The second-order valence-corrected chi connectivity index (χ2v) is 10.2. The Kier molecular flexibility index (Phi) is 10.1. The SMILES string of the molecule is C#[C][Au][CH2]CCC.c1ccc(P(c2ccccc2)c2ccccc2)cc1. The fourth-order valence-electron chi connectivity index (χ4n) is 2.38. The van der Waals surface area contributed by atoms with Gasteiger partial charge in [-0.15, -0.1) is 0 Å². The zero-order valence-corrected chi connectivity index (χ0v) is 18.2. The van der Waals surface area contributed by atoms with Gasteiger partial charge in [0.1, 0.15) is 0 Å². The third-order valence-electron chi connectivity index (χ3n) is 3.64. The molecule has 0 saturated carbocycles. The van der Waals surface area contributed by atoms with Gasteiger partial charge in [0.05, 0.1) is 0 Å². The van der Waals surface area contributed by atoms with Gasteiger partial charge in [0, 0.05) is 0 Å². The van der Waals surface area contributed by atoms with E-state index < -0.39 is 7.92 Å². The molecule has 0 aliphatic rings. The van der Waals surface area contributed by atoms with Gasteiger partial charge in [-0.3, -0.25) is 0 Å². The number of hydrogen-bond acceptors (Lipinski definition) is 0. The topological polar surface area (TPSA) is 0 Å². The van der Waals surface area contributed by atoms with Crippen LogP contribution in [0.4, 0.5) is 0 Å². The van der Waals surface area contributed by atoms with Crippen LogP contribution in [0.3, 0.4) is 0 Å². The van der Waals surface area contributed by atoms with Crippen molar-refractivity contribution in [1.82, 2.24) is 0 Å². The van der Waals surface area contributed by atoms with Crippen molar-refractivity contribution in [2.45, 2.75) is 24.4 Å². The van der Waals surface area contributed by atoms with Crippen molar-refractivity contribution in [3.63, 3.8) is 0 Å². The summed E-state index contributed by atoms with van der Waals surface area (Å²) in [6.07, 6.45) is 7.68. The minimum absolute atomic E-state index is 0.243. The Morgan fingerprint density at radius 1 is 0.731 bits per heavy atom. The van der Waals surface area contributed by atoms with E-state index in [-0.39, 0.29) is 19.8 Å². The van der Waals surface area contributed by atoms with Crippen molar-refractivity contribution < 1.29 is 19.8 Å². The zero-order chi connectivity index (χ0) is 18.5. The fraction of sp³-hybridized carbons (Fsp3) is 0.167. The molecule has 137 valence electrons. The standard InChI is InChI=1S/C18H15P.C4H9.C2H.Au/c1-4-10-16(11-5-1)19(17-12-6-2-7-13-17)18-14-8-3-9-15-18;1-3-4-2;1-2;/h1-15H;1,3-4H2,2H3;1H;. The summed E-state index contributed by atoms with van der Waals surface area (Å²) < 4.78 is 4.00. The summed E-state index contributed by atoms with van der Waals surface area (Å²) in [5.41, 5.74) is 0. The van der Waals surface area contributed by atoms with Crippen LogP contribution in [-0.2, 0) is 19.8 Å². The summed E-state index contributed by atoms with van der Waals surface area (Å²) in [4.78, 5) is 0. The van der Waals surface area contributed by atoms with Crippen LogP contribution in [0.25, 0.3) is 0 Å². The number of benzene rings is 3. The molecule has 3 aromatic rings. The van der Waals surface area contributed by atoms with Crippen LogP contribution in [0.1, 0.15) is 19.8 Å². The largest absolute Gasteiger partial charge is 0.0622 e. The van der Waals surface area contributed by atoms with Gasteiger partial charge in [-0.05, 0) is 23.8 Å². The molecule has 0 atom stereocenters. The number of terminal acetylenes is 1. The van der Waals surface area contributed by atoms with Gasteiger partial charge in [-0.25, -0.2) is 0 Å². The maximum atomic E-state index is 5.06. The van der Waals surface area contributed by atoms with Gasteiger partial charge < -0.3 is 0 Å². The van der Waals surface area contributed by atoms with Crippen LogP contribution in [0, 0.1) is 10.6 Å². The second-order valence-electron chi connectivity index (χ2n) is 5.54. The summed E-state index contributed by atoms with van der Waals surface area (Å²) in [7, 11) is -0.446. The molecule has 26 heavy (non-hydrogen) atoms. The first-order valence-electron chi connectivity index (χ1n) is 8.76. The number of hydrogen-bond donors (Lipinski definition) is 0. The molecule has 0 amide bonds. The third kappa shape index (κ3) is 6.95.